The number of nitrogens with one attached hydrogen (secondary N) is 1. The van der Waals surface area contributed by atoms with Gasteiger partial charge in [-0.25, -0.2) is 27.3 Å². The van der Waals surface area contributed by atoms with Crippen LogP contribution in [0.2, 0.25) is 0 Å². The molecule has 200 valence electrons. The fraction of sp³-hybridized carbons (Fsp3) is 0.269. The number of pyridine rings is 1. The van der Waals surface area contributed by atoms with Crippen LogP contribution in [-0.2, 0) is 21.0 Å². The van der Waals surface area contributed by atoms with E-state index >= 15 is 0 Å². The van der Waals surface area contributed by atoms with Crippen LogP contribution in [0.25, 0.3) is 27.9 Å². The molecule has 8 nitrogen and oxygen atoms in total. The quantitative estimate of drug-likeness (QED) is 0.349. The molecule has 0 spiro atoms. The molecule has 1 aromatic carbocycles. The summed E-state index contributed by atoms with van der Waals surface area (Å²) in [6.07, 6.45) is -2.92. The molecule has 0 saturated carbocycles. The van der Waals surface area contributed by atoms with E-state index in [0.29, 0.717) is 23.2 Å². The van der Waals surface area contributed by atoms with E-state index in [1.807, 2.05) is 20.8 Å². The lowest BCUT2D eigenvalue weighted by Crippen LogP contribution is -2.19. The molecule has 1 aliphatic heterocycles. The number of aryl methyl sites for hydroxylation is 1. The molecular formula is C26H26F3N5O3S. The van der Waals surface area contributed by atoms with E-state index in [4.69, 9.17) is 4.84 Å². The maximum atomic E-state index is 13.9. The molecule has 0 bridgehead atoms. The molecule has 1 atom stereocenters. The Hall–Kier alpha value is -3.77. The number of hydroxylamine groups is 1. The number of allylic oxidation sites excluding steroid dienone is 1. The van der Waals surface area contributed by atoms with Gasteiger partial charge in [-0.3, -0.25) is 0 Å². The number of alkyl halides is 3. The number of rotatable bonds is 4. The zero-order chi connectivity index (χ0) is 27.8. The molecule has 1 aliphatic rings. The summed E-state index contributed by atoms with van der Waals surface area (Å²) < 4.78 is 69.8. The molecule has 3 aromatic heterocycles. The number of hydrogen-bond acceptors (Lipinski definition) is 7. The van der Waals surface area contributed by atoms with Gasteiger partial charge in [0.05, 0.1) is 22.3 Å². The number of halogens is 3. The van der Waals surface area contributed by atoms with Crippen molar-refractivity contribution in [1.82, 2.24) is 24.4 Å². The number of fused-ring (bicyclic) bond motifs is 1. The average molecular weight is 546 g/mol. The maximum absolute atomic E-state index is 13.9. The first-order valence-corrected chi connectivity index (χ1v) is 13.3. The van der Waals surface area contributed by atoms with Crippen molar-refractivity contribution in [2.24, 2.45) is 0 Å². The monoisotopic (exact) mass is 545 g/mol. The molecule has 0 amide bonds. The lowest BCUT2D eigenvalue weighted by molar-refractivity contribution is -0.137. The zero-order valence-corrected chi connectivity index (χ0v) is 22.1. The summed E-state index contributed by atoms with van der Waals surface area (Å²) in [5.41, 5.74) is 2.40. The zero-order valence-electron chi connectivity index (χ0n) is 21.3. The minimum absolute atomic E-state index is 0.0269. The molecule has 38 heavy (non-hydrogen) atoms. The molecule has 0 aliphatic carbocycles. The fourth-order valence-electron chi connectivity index (χ4n) is 4.18. The Morgan fingerprint density at radius 2 is 1.71 bits per heavy atom. The van der Waals surface area contributed by atoms with Crippen LogP contribution < -0.4 is 5.48 Å². The Balaban J connectivity index is 0.00000164. The van der Waals surface area contributed by atoms with Crippen LogP contribution in [0.5, 0.6) is 0 Å². The lowest BCUT2D eigenvalue weighted by atomic mass is 10.0. The third kappa shape index (κ3) is 4.76. The fourth-order valence-corrected chi connectivity index (χ4v) is 5.52. The van der Waals surface area contributed by atoms with Gasteiger partial charge in [0, 0.05) is 28.9 Å². The molecule has 4 aromatic rings. The Kier molecular flexibility index (Phi) is 7.31. The highest BCUT2D eigenvalue weighted by molar-refractivity contribution is 7.90. The number of nitrogens with zero attached hydrogens (tertiary/aromatic N) is 4. The predicted molar refractivity (Wildman–Crippen MR) is 137 cm³/mol. The van der Waals surface area contributed by atoms with E-state index in [2.05, 4.69) is 20.4 Å². The molecule has 1 unspecified atom stereocenters. The van der Waals surface area contributed by atoms with Gasteiger partial charge in [0.1, 0.15) is 17.1 Å². The van der Waals surface area contributed by atoms with E-state index in [0.717, 1.165) is 10.2 Å². The van der Waals surface area contributed by atoms with Crippen LogP contribution >= 0.6 is 0 Å². The summed E-state index contributed by atoms with van der Waals surface area (Å²) in [6.45, 7) is 9.05. The second-order valence-electron chi connectivity index (χ2n) is 8.31. The van der Waals surface area contributed by atoms with Gasteiger partial charge in [0.25, 0.3) is 10.0 Å². The van der Waals surface area contributed by atoms with E-state index in [-0.39, 0.29) is 33.4 Å². The van der Waals surface area contributed by atoms with Crippen LogP contribution in [0.1, 0.15) is 44.8 Å². The standard InChI is InChI=1S/C24H20F3N5O3S.C2H6/c1-13-21(14(2)35-31-13)20-10-9-17-18(22-19(24(25,26)27)11-28-15(3)29-22)12-32(23(17)30-20)36(33,34)16-7-5-4-6-8-16;1-2/h4-13,31H,1-3H3;1-2H3. The van der Waals surface area contributed by atoms with E-state index in [1.165, 1.54) is 19.1 Å². The highest BCUT2D eigenvalue weighted by Gasteiger charge is 2.37. The smallest absolute Gasteiger partial charge is 0.412 e. The van der Waals surface area contributed by atoms with Crippen molar-refractivity contribution < 1.29 is 26.4 Å². The summed E-state index contributed by atoms with van der Waals surface area (Å²) in [6, 6.07) is 10.5. The van der Waals surface area contributed by atoms with Gasteiger partial charge in [0.15, 0.2) is 5.65 Å². The minimum Gasteiger partial charge on any atom is -0.412 e. The summed E-state index contributed by atoms with van der Waals surface area (Å²) in [4.78, 5) is 17.7. The van der Waals surface area contributed by atoms with Gasteiger partial charge in [-0.15, -0.1) is 5.48 Å². The van der Waals surface area contributed by atoms with Crippen molar-refractivity contribution in [3.05, 3.63) is 77.7 Å². The summed E-state index contributed by atoms with van der Waals surface area (Å²) >= 11 is 0. The minimum atomic E-state index is -4.76. The Morgan fingerprint density at radius 3 is 2.32 bits per heavy atom. The third-order valence-electron chi connectivity index (χ3n) is 5.87. The van der Waals surface area contributed by atoms with Crippen LogP contribution in [0.3, 0.4) is 0 Å². The van der Waals surface area contributed by atoms with Crippen LogP contribution in [0.4, 0.5) is 13.2 Å². The van der Waals surface area contributed by atoms with Crippen molar-refractivity contribution in [3.8, 4) is 11.3 Å². The summed E-state index contributed by atoms with van der Waals surface area (Å²) in [5, 5.41) is 0.194. The average Bonchev–Trinajstić information content (AvgIpc) is 3.44. The Bertz CT molecular complexity index is 1630. The maximum Gasteiger partial charge on any atom is 0.419 e. The van der Waals surface area contributed by atoms with Crippen LogP contribution in [0.15, 0.2) is 65.5 Å². The summed E-state index contributed by atoms with van der Waals surface area (Å²) in [7, 11) is -4.21. The van der Waals surface area contributed by atoms with Gasteiger partial charge in [-0.1, -0.05) is 32.0 Å². The van der Waals surface area contributed by atoms with Gasteiger partial charge < -0.3 is 4.84 Å². The van der Waals surface area contributed by atoms with Gasteiger partial charge in [-0.05, 0) is 45.0 Å². The Labute approximate surface area is 218 Å². The SMILES string of the molecule is CC.CC1=C(c2ccc3c(-c4nc(C)ncc4C(F)(F)F)cn(S(=O)(=O)c4ccccc4)c3n2)C(C)NO1. The van der Waals surface area contributed by atoms with Crippen LogP contribution in [-0.4, -0.2) is 33.4 Å². The van der Waals surface area contributed by atoms with Crippen molar-refractivity contribution >= 4 is 26.6 Å². The second kappa shape index (κ2) is 10.2. The largest absolute Gasteiger partial charge is 0.419 e. The third-order valence-corrected chi connectivity index (χ3v) is 7.53. The van der Waals surface area contributed by atoms with Crippen LogP contribution in [0, 0.1) is 6.92 Å². The molecule has 0 fully saturated rings. The molecule has 1 N–H and O–H groups in total. The predicted octanol–water partition coefficient (Wildman–Crippen LogP) is 5.74. The van der Waals surface area contributed by atoms with Crippen molar-refractivity contribution in [2.45, 2.75) is 51.7 Å². The van der Waals surface area contributed by atoms with Gasteiger partial charge >= 0.3 is 6.18 Å². The molecular weight excluding hydrogens is 519 g/mol. The molecule has 5 rings (SSSR count). The van der Waals surface area contributed by atoms with E-state index in [1.54, 1.807) is 37.3 Å². The number of aromatic nitrogens is 4. The summed E-state index contributed by atoms with van der Waals surface area (Å²) in [5.74, 6) is 0.669. The highest BCUT2D eigenvalue weighted by atomic mass is 32.2. The first kappa shape index (κ1) is 27.3. The van der Waals surface area contributed by atoms with Gasteiger partial charge in [0.2, 0.25) is 0 Å². The molecule has 12 heteroatoms. The number of hydrogen-bond donors (Lipinski definition) is 1. The normalized spacial score (nSPS) is 15.8. The first-order valence-electron chi connectivity index (χ1n) is 11.9. The second-order valence-corrected chi connectivity index (χ2v) is 10.1. The Morgan fingerprint density at radius 1 is 1.03 bits per heavy atom. The number of benzene rings is 1. The van der Waals surface area contributed by atoms with Crippen molar-refractivity contribution in [2.75, 3.05) is 0 Å². The molecule has 0 radical (unpaired) electrons. The van der Waals surface area contributed by atoms with E-state index < -0.39 is 27.5 Å². The molecule has 0 saturated heterocycles. The van der Waals surface area contributed by atoms with Gasteiger partial charge in [-0.2, -0.15) is 13.2 Å². The topological polar surface area (TPSA) is 99.0 Å². The first-order chi connectivity index (χ1) is 18.0. The molecule has 4 heterocycles. The van der Waals surface area contributed by atoms with Crippen molar-refractivity contribution in [3.63, 3.8) is 0 Å². The highest BCUT2D eigenvalue weighted by Crippen LogP contribution is 2.40. The van der Waals surface area contributed by atoms with E-state index in [9.17, 15) is 21.6 Å². The lowest BCUT2D eigenvalue weighted by Gasteiger charge is -2.11. The van der Waals surface area contributed by atoms with Crippen molar-refractivity contribution in [1.29, 1.82) is 0 Å².